The van der Waals surface area contributed by atoms with E-state index in [9.17, 15) is 0 Å². The highest BCUT2D eigenvalue weighted by atomic mass is 16.3. The van der Waals surface area contributed by atoms with Crippen molar-refractivity contribution in [1.29, 1.82) is 0 Å². The summed E-state index contributed by atoms with van der Waals surface area (Å²) in [6, 6.07) is 78.6. The van der Waals surface area contributed by atoms with Gasteiger partial charge in [0, 0.05) is 44.3 Å². The molecule has 0 aliphatic heterocycles. The Morgan fingerprint density at radius 2 is 0.949 bits per heavy atom. The molecule has 12 aromatic rings. The quantitative estimate of drug-likeness (QED) is 0.169. The zero-order valence-corrected chi connectivity index (χ0v) is 32.1. The molecule has 0 spiro atoms. The van der Waals surface area contributed by atoms with Crippen LogP contribution in [0, 0.1) is 0 Å². The summed E-state index contributed by atoms with van der Waals surface area (Å²) in [5.74, 6) is 0. The van der Waals surface area contributed by atoms with E-state index in [0.717, 1.165) is 55.8 Å². The third-order valence-corrected chi connectivity index (χ3v) is 11.9. The molecule has 0 amide bonds. The molecule has 0 saturated heterocycles. The summed E-state index contributed by atoms with van der Waals surface area (Å²) in [4.78, 5) is 2.36. The molecule has 10 aromatic carbocycles. The monoisotopic (exact) mass is 752 g/mol. The Balaban J connectivity index is 1.04. The molecule has 0 unspecified atom stereocenters. The van der Waals surface area contributed by atoms with Crippen LogP contribution in [0.25, 0.3) is 93.2 Å². The summed E-state index contributed by atoms with van der Waals surface area (Å²) < 4.78 is 9.18. The molecule has 0 N–H and O–H groups in total. The minimum Gasteiger partial charge on any atom is -0.456 e. The van der Waals surface area contributed by atoms with Gasteiger partial charge >= 0.3 is 0 Å². The van der Waals surface area contributed by atoms with E-state index in [4.69, 9.17) is 4.42 Å². The molecule has 2 aromatic heterocycles. The summed E-state index contributed by atoms with van der Waals surface area (Å²) in [6.07, 6.45) is 0. The third-order valence-electron chi connectivity index (χ3n) is 11.9. The first kappa shape index (κ1) is 33.3. The summed E-state index contributed by atoms with van der Waals surface area (Å²) in [7, 11) is 0. The van der Waals surface area contributed by atoms with Gasteiger partial charge in [-0.1, -0.05) is 146 Å². The average molecular weight is 753 g/mol. The standard InChI is InChI=1S/C56H36N2O/c1-3-13-37(14-4-1)39-23-27-43(28-24-39)57(44-29-25-38-15-7-8-16-40(38)33-44)45-30-32-54-51(35-45)56-49-21-10-9-19-46(49)50(36-55(56)59-54)41-26-31-48-47-20-11-12-22-52(47)58(53(48)34-41)42-17-5-2-6-18-42/h1-36H. The maximum atomic E-state index is 6.80. The minimum absolute atomic E-state index is 0.864. The van der Waals surface area contributed by atoms with Gasteiger partial charge in [-0.3, -0.25) is 0 Å². The molecule has 0 saturated carbocycles. The molecule has 3 heteroatoms. The van der Waals surface area contributed by atoms with Gasteiger partial charge in [0.05, 0.1) is 11.0 Å². The topological polar surface area (TPSA) is 21.3 Å². The number of nitrogens with zero attached hydrogens (tertiary/aromatic N) is 2. The Morgan fingerprint density at radius 1 is 0.339 bits per heavy atom. The van der Waals surface area contributed by atoms with Crippen LogP contribution in [0.2, 0.25) is 0 Å². The molecule has 0 atom stereocenters. The second kappa shape index (κ2) is 13.4. The number of benzene rings is 10. The lowest BCUT2D eigenvalue weighted by Gasteiger charge is -2.26. The van der Waals surface area contributed by atoms with E-state index in [-0.39, 0.29) is 0 Å². The first-order chi connectivity index (χ1) is 29.2. The number of hydrogen-bond donors (Lipinski definition) is 0. The van der Waals surface area contributed by atoms with Gasteiger partial charge in [0.1, 0.15) is 11.2 Å². The van der Waals surface area contributed by atoms with E-state index in [1.807, 2.05) is 0 Å². The highest BCUT2D eigenvalue weighted by molar-refractivity contribution is 6.23. The number of rotatable bonds is 6. The van der Waals surface area contributed by atoms with Crippen molar-refractivity contribution in [3.05, 3.63) is 218 Å². The Hall–Kier alpha value is -7.88. The number of para-hydroxylation sites is 2. The van der Waals surface area contributed by atoms with Crippen LogP contribution < -0.4 is 4.90 Å². The summed E-state index contributed by atoms with van der Waals surface area (Å²) in [5, 5.41) is 9.48. The highest BCUT2D eigenvalue weighted by Gasteiger charge is 2.20. The van der Waals surface area contributed by atoms with Crippen molar-refractivity contribution in [3.8, 4) is 27.9 Å². The fourth-order valence-electron chi connectivity index (χ4n) is 9.20. The molecule has 0 bridgehead atoms. The van der Waals surface area contributed by atoms with Crippen molar-refractivity contribution < 1.29 is 4.42 Å². The van der Waals surface area contributed by atoms with Gasteiger partial charge in [-0.15, -0.1) is 0 Å². The van der Waals surface area contributed by atoms with Crippen LogP contribution in [0.3, 0.4) is 0 Å². The van der Waals surface area contributed by atoms with E-state index in [0.29, 0.717) is 0 Å². The van der Waals surface area contributed by atoms with Crippen LogP contribution in [0.5, 0.6) is 0 Å². The first-order valence-electron chi connectivity index (χ1n) is 20.2. The zero-order chi connectivity index (χ0) is 38.9. The summed E-state index contributed by atoms with van der Waals surface area (Å²) >= 11 is 0. The molecular weight excluding hydrogens is 717 g/mol. The van der Waals surface area contributed by atoms with Crippen molar-refractivity contribution in [1.82, 2.24) is 4.57 Å². The fourth-order valence-corrected chi connectivity index (χ4v) is 9.20. The molecule has 0 radical (unpaired) electrons. The van der Waals surface area contributed by atoms with Crippen molar-refractivity contribution in [2.45, 2.75) is 0 Å². The molecule has 0 aliphatic carbocycles. The molecule has 276 valence electrons. The van der Waals surface area contributed by atoms with Crippen molar-refractivity contribution >= 4 is 82.4 Å². The summed E-state index contributed by atoms with van der Waals surface area (Å²) in [5.41, 5.74) is 13.2. The van der Waals surface area contributed by atoms with Crippen molar-refractivity contribution in [2.75, 3.05) is 4.90 Å². The van der Waals surface area contributed by atoms with Crippen LogP contribution in [-0.2, 0) is 0 Å². The van der Waals surface area contributed by atoms with Gasteiger partial charge in [0.25, 0.3) is 0 Å². The lowest BCUT2D eigenvalue weighted by molar-refractivity contribution is 0.669. The maximum absolute atomic E-state index is 6.80. The predicted molar refractivity (Wildman–Crippen MR) is 249 cm³/mol. The number of hydrogen-bond acceptors (Lipinski definition) is 2. The molecule has 59 heavy (non-hydrogen) atoms. The second-order valence-corrected chi connectivity index (χ2v) is 15.3. The van der Waals surface area contributed by atoms with E-state index >= 15 is 0 Å². The van der Waals surface area contributed by atoms with E-state index < -0.39 is 0 Å². The molecule has 12 rings (SSSR count). The van der Waals surface area contributed by atoms with Crippen LogP contribution in [0.4, 0.5) is 17.1 Å². The largest absolute Gasteiger partial charge is 0.456 e. The maximum Gasteiger partial charge on any atom is 0.136 e. The predicted octanol–water partition coefficient (Wildman–Crippen LogP) is 15.8. The molecule has 3 nitrogen and oxygen atoms in total. The number of aromatic nitrogens is 1. The van der Waals surface area contributed by atoms with Gasteiger partial charge in [-0.05, 0) is 117 Å². The van der Waals surface area contributed by atoms with Crippen molar-refractivity contribution in [3.63, 3.8) is 0 Å². The second-order valence-electron chi connectivity index (χ2n) is 15.3. The molecule has 2 heterocycles. The Kier molecular flexibility index (Phi) is 7.54. The van der Waals surface area contributed by atoms with E-state index in [1.165, 1.54) is 54.5 Å². The molecular formula is C56H36N2O. The van der Waals surface area contributed by atoms with Crippen molar-refractivity contribution in [2.24, 2.45) is 0 Å². The van der Waals surface area contributed by atoms with Gasteiger partial charge in [-0.2, -0.15) is 0 Å². The van der Waals surface area contributed by atoms with Crippen LogP contribution >= 0.6 is 0 Å². The van der Waals surface area contributed by atoms with E-state index in [1.54, 1.807) is 0 Å². The van der Waals surface area contributed by atoms with Crippen LogP contribution in [0.1, 0.15) is 0 Å². The number of furan rings is 1. The lowest BCUT2D eigenvalue weighted by Crippen LogP contribution is -2.09. The van der Waals surface area contributed by atoms with Gasteiger partial charge in [0.2, 0.25) is 0 Å². The lowest BCUT2D eigenvalue weighted by atomic mass is 9.94. The van der Waals surface area contributed by atoms with Crippen LogP contribution in [-0.4, -0.2) is 4.57 Å². The molecule has 0 fully saturated rings. The molecule has 0 aliphatic rings. The Morgan fingerprint density at radius 3 is 1.78 bits per heavy atom. The summed E-state index contributed by atoms with van der Waals surface area (Å²) in [6.45, 7) is 0. The fraction of sp³-hybridized carbons (Fsp3) is 0. The smallest absolute Gasteiger partial charge is 0.136 e. The van der Waals surface area contributed by atoms with Gasteiger partial charge in [0.15, 0.2) is 0 Å². The normalized spacial score (nSPS) is 11.7. The first-order valence-corrected chi connectivity index (χ1v) is 20.2. The van der Waals surface area contributed by atoms with Gasteiger partial charge < -0.3 is 13.9 Å². The van der Waals surface area contributed by atoms with Crippen LogP contribution in [0.15, 0.2) is 223 Å². The highest BCUT2D eigenvalue weighted by Crippen LogP contribution is 2.45. The average Bonchev–Trinajstić information content (AvgIpc) is 3.85. The van der Waals surface area contributed by atoms with Gasteiger partial charge in [-0.25, -0.2) is 0 Å². The Labute approximate surface area is 341 Å². The minimum atomic E-state index is 0.864. The third kappa shape index (κ3) is 5.44. The van der Waals surface area contributed by atoms with E-state index in [2.05, 4.69) is 228 Å². The number of fused-ring (bicyclic) bond motifs is 9. The SMILES string of the molecule is c1ccc(-c2ccc(N(c3ccc4ccccc4c3)c3ccc4oc5cc(-c6ccc7c8ccccc8n(-c8ccccc8)c7c6)c6ccccc6c5c4c3)cc2)cc1. The number of anilines is 3. The zero-order valence-electron chi connectivity index (χ0n) is 32.1. The Bertz CT molecular complexity index is 3540.